The molecule has 0 heterocycles. The molecule has 5 nitrogen and oxygen atoms in total. The van der Waals surface area contributed by atoms with Gasteiger partial charge in [0.25, 0.3) is 5.91 Å². The maximum absolute atomic E-state index is 12.3. The van der Waals surface area contributed by atoms with E-state index in [0.29, 0.717) is 23.7 Å². The van der Waals surface area contributed by atoms with Crippen LogP contribution in [0.5, 0.6) is 11.5 Å². The summed E-state index contributed by atoms with van der Waals surface area (Å²) in [5.74, 6) is 1.08. The average Bonchev–Trinajstić information content (AvgIpc) is 3.32. The molecule has 1 aliphatic rings. The van der Waals surface area contributed by atoms with E-state index in [1.165, 1.54) is 7.11 Å². The molecule has 1 saturated carbocycles. The number of nitriles is 1. The van der Waals surface area contributed by atoms with Crippen LogP contribution < -0.4 is 14.8 Å². The van der Waals surface area contributed by atoms with E-state index in [1.54, 1.807) is 25.1 Å². The van der Waals surface area contributed by atoms with Gasteiger partial charge >= 0.3 is 0 Å². The van der Waals surface area contributed by atoms with Crippen LogP contribution in [0.1, 0.15) is 37.0 Å². The topological polar surface area (TPSA) is 71.3 Å². The van der Waals surface area contributed by atoms with E-state index in [1.807, 2.05) is 6.92 Å². The number of ether oxygens (including phenoxy) is 2. The summed E-state index contributed by atoms with van der Waals surface area (Å²) in [5.41, 5.74) is -0.347. The second-order valence-corrected chi connectivity index (χ2v) is 5.34. The standard InChI is InChI=1S/C16H20N2O3/c1-4-21-13-8-5-11(9-14(13)20-3)15(19)18-16(2,10-17)12-6-7-12/h5,8-9,12H,4,6-7H2,1-3H3,(H,18,19). The monoisotopic (exact) mass is 288 g/mol. The molecule has 0 bridgehead atoms. The zero-order chi connectivity index (χ0) is 15.5. The van der Waals surface area contributed by atoms with Gasteiger partial charge in [0.1, 0.15) is 5.54 Å². The van der Waals surface area contributed by atoms with Gasteiger partial charge in [-0.15, -0.1) is 0 Å². The number of hydrogen-bond acceptors (Lipinski definition) is 4. The Bertz CT molecular complexity index is 575. The summed E-state index contributed by atoms with van der Waals surface area (Å²) in [7, 11) is 1.53. The molecule has 2 rings (SSSR count). The molecule has 1 unspecified atom stereocenters. The molecule has 5 heteroatoms. The summed E-state index contributed by atoms with van der Waals surface area (Å²) in [6.07, 6.45) is 1.97. The Balaban J connectivity index is 2.17. The molecule has 1 aliphatic carbocycles. The van der Waals surface area contributed by atoms with Crippen LogP contribution >= 0.6 is 0 Å². The quantitative estimate of drug-likeness (QED) is 0.873. The Labute approximate surface area is 124 Å². The number of rotatable bonds is 6. The molecule has 1 atom stereocenters. The van der Waals surface area contributed by atoms with Crippen LogP contribution in [-0.4, -0.2) is 25.2 Å². The average molecular weight is 288 g/mol. The molecule has 0 aromatic heterocycles. The van der Waals surface area contributed by atoms with Gasteiger partial charge in [-0.2, -0.15) is 5.26 Å². The lowest BCUT2D eigenvalue weighted by Gasteiger charge is -2.23. The van der Waals surface area contributed by atoms with E-state index in [9.17, 15) is 10.1 Å². The molecule has 1 aromatic carbocycles. The second-order valence-electron chi connectivity index (χ2n) is 5.34. The zero-order valence-corrected chi connectivity index (χ0v) is 12.6. The number of nitrogens with zero attached hydrogens (tertiary/aromatic N) is 1. The van der Waals surface area contributed by atoms with Gasteiger partial charge in [0, 0.05) is 5.56 Å². The van der Waals surface area contributed by atoms with E-state index in [0.717, 1.165) is 12.8 Å². The van der Waals surface area contributed by atoms with Gasteiger partial charge in [0.15, 0.2) is 11.5 Å². The number of nitrogens with one attached hydrogen (secondary N) is 1. The molecule has 21 heavy (non-hydrogen) atoms. The Morgan fingerprint density at radius 3 is 2.71 bits per heavy atom. The Morgan fingerprint density at radius 2 is 2.19 bits per heavy atom. The number of carbonyl (C=O) groups excluding carboxylic acids is 1. The number of benzene rings is 1. The summed E-state index contributed by atoms with van der Waals surface area (Å²) in [6, 6.07) is 7.22. The van der Waals surface area contributed by atoms with Crippen molar-refractivity contribution in [3.05, 3.63) is 23.8 Å². The fraction of sp³-hybridized carbons (Fsp3) is 0.500. The smallest absolute Gasteiger partial charge is 0.252 e. The summed E-state index contributed by atoms with van der Waals surface area (Å²) >= 11 is 0. The van der Waals surface area contributed by atoms with Crippen molar-refractivity contribution in [2.45, 2.75) is 32.2 Å². The second kappa shape index (κ2) is 6.04. The van der Waals surface area contributed by atoms with Gasteiger partial charge in [0.2, 0.25) is 0 Å². The Hall–Kier alpha value is -2.22. The maximum Gasteiger partial charge on any atom is 0.252 e. The van der Waals surface area contributed by atoms with Crippen LogP contribution in [0.2, 0.25) is 0 Å². The predicted molar refractivity (Wildman–Crippen MR) is 78.4 cm³/mol. The first-order valence-electron chi connectivity index (χ1n) is 7.08. The van der Waals surface area contributed by atoms with Crippen molar-refractivity contribution in [2.24, 2.45) is 5.92 Å². The third-order valence-corrected chi connectivity index (χ3v) is 3.72. The number of amides is 1. The fourth-order valence-electron chi connectivity index (χ4n) is 2.27. The van der Waals surface area contributed by atoms with E-state index < -0.39 is 5.54 Å². The lowest BCUT2D eigenvalue weighted by Crippen LogP contribution is -2.46. The molecule has 1 aromatic rings. The first kappa shape index (κ1) is 15.2. The number of hydrogen-bond donors (Lipinski definition) is 1. The van der Waals surface area contributed by atoms with Gasteiger partial charge < -0.3 is 14.8 Å². The van der Waals surface area contributed by atoms with Crippen LogP contribution in [-0.2, 0) is 0 Å². The highest BCUT2D eigenvalue weighted by molar-refractivity contribution is 5.95. The lowest BCUT2D eigenvalue weighted by molar-refractivity contribution is 0.0917. The molecule has 112 valence electrons. The van der Waals surface area contributed by atoms with Crippen molar-refractivity contribution in [3.8, 4) is 17.6 Å². The zero-order valence-electron chi connectivity index (χ0n) is 12.6. The van der Waals surface area contributed by atoms with Crippen LogP contribution in [0.15, 0.2) is 18.2 Å². The molecule has 0 radical (unpaired) electrons. The molecule has 1 amide bonds. The minimum Gasteiger partial charge on any atom is -0.493 e. The van der Waals surface area contributed by atoms with Gasteiger partial charge in [-0.25, -0.2) is 0 Å². The lowest BCUT2D eigenvalue weighted by atomic mass is 9.97. The van der Waals surface area contributed by atoms with E-state index in [-0.39, 0.29) is 11.8 Å². The van der Waals surface area contributed by atoms with Crippen LogP contribution in [0.25, 0.3) is 0 Å². The van der Waals surface area contributed by atoms with Gasteiger partial charge in [-0.05, 0) is 50.8 Å². The molecule has 0 saturated heterocycles. The molecular formula is C16H20N2O3. The Morgan fingerprint density at radius 1 is 1.48 bits per heavy atom. The largest absolute Gasteiger partial charge is 0.493 e. The minimum atomic E-state index is -0.803. The fourth-order valence-corrected chi connectivity index (χ4v) is 2.27. The van der Waals surface area contributed by atoms with Gasteiger partial charge in [-0.1, -0.05) is 0 Å². The van der Waals surface area contributed by atoms with Crippen LogP contribution in [0, 0.1) is 17.2 Å². The SMILES string of the molecule is CCOc1ccc(C(=O)NC(C)(C#N)C2CC2)cc1OC. The van der Waals surface area contributed by atoms with Crippen molar-refractivity contribution in [3.63, 3.8) is 0 Å². The summed E-state index contributed by atoms with van der Waals surface area (Å²) in [4.78, 5) is 12.3. The summed E-state index contributed by atoms with van der Waals surface area (Å²) < 4.78 is 10.7. The minimum absolute atomic E-state index is 0.246. The molecule has 0 aliphatic heterocycles. The van der Waals surface area contributed by atoms with Crippen LogP contribution in [0.3, 0.4) is 0 Å². The van der Waals surface area contributed by atoms with Crippen molar-refractivity contribution in [1.82, 2.24) is 5.32 Å². The van der Waals surface area contributed by atoms with Crippen molar-refractivity contribution in [1.29, 1.82) is 5.26 Å². The normalized spacial score (nSPS) is 16.5. The molecular weight excluding hydrogens is 268 g/mol. The Kier molecular flexibility index (Phi) is 4.37. The number of methoxy groups -OCH3 is 1. The van der Waals surface area contributed by atoms with E-state index in [2.05, 4.69) is 11.4 Å². The third-order valence-electron chi connectivity index (χ3n) is 3.72. The predicted octanol–water partition coefficient (Wildman–Crippen LogP) is 2.52. The van der Waals surface area contributed by atoms with E-state index >= 15 is 0 Å². The highest BCUT2D eigenvalue weighted by Gasteiger charge is 2.43. The molecule has 1 fully saturated rings. The maximum atomic E-state index is 12.3. The molecule has 0 spiro atoms. The summed E-state index contributed by atoms with van der Waals surface area (Å²) in [6.45, 7) is 4.18. The molecule has 1 N–H and O–H groups in total. The first-order chi connectivity index (χ1) is 10.0. The summed E-state index contributed by atoms with van der Waals surface area (Å²) in [5, 5.41) is 12.1. The van der Waals surface area contributed by atoms with Crippen LogP contribution in [0.4, 0.5) is 0 Å². The van der Waals surface area contributed by atoms with Crippen molar-refractivity contribution >= 4 is 5.91 Å². The van der Waals surface area contributed by atoms with Gasteiger partial charge in [-0.3, -0.25) is 4.79 Å². The number of carbonyl (C=O) groups is 1. The van der Waals surface area contributed by atoms with Crippen molar-refractivity contribution in [2.75, 3.05) is 13.7 Å². The highest BCUT2D eigenvalue weighted by Crippen LogP contribution is 2.39. The first-order valence-corrected chi connectivity index (χ1v) is 7.08. The highest BCUT2D eigenvalue weighted by atomic mass is 16.5. The van der Waals surface area contributed by atoms with Gasteiger partial charge in [0.05, 0.1) is 19.8 Å². The third kappa shape index (κ3) is 3.27. The van der Waals surface area contributed by atoms with Crippen molar-refractivity contribution < 1.29 is 14.3 Å². The van der Waals surface area contributed by atoms with E-state index in [4.69, 9.17) is 9.47 Å².